The Kier molecular flexibility index (Phi) is 4.91. The summed E-state index contributed by atoms with van der Waals surface area (Å²) < 4.78 is 0. The lowest BCUT2D eigenvalue weighted by molar-refractivity contribution is -0.115. The zero-order valence-corrected chi connectivity index (χ0v) is 13.5. The van der Waals surface area contributed by atoms with Crippen LogP contribution >= 0.6 is 0 Å². The van der Waals surface area contributed by atoms with E-state index < -0.39 is 0 Å². The first kappa shape index (κ1) is 15.5. The monoisotopic (exact) mass is 309 g/mol. The summed E-state index contributed by atoms with van der Waals surface area (Å²) in [4.78, 5) is 16.4. The summed E-state index contributed by atoms with van der Waals surface area (Å²) in [7, 11) is 0. The summed E-state index contributed by atoms with van der Waals surface area (Å²) in [6.45, 7) is 2.04. The molecule has 2 aromatic rings. The normalized spacial score (nSPS) is 14.7. The number of pyridine rings is 1. The van der Waals surface area contributed by atoms with Gasteiger partial charge in [-0.2, -0.15) is 0 Å². The molecule has 0 spiro atoms. The molecule has 1 heterocycles. The van der Waals surface area contributed by atoms with Gasteiger partial charge < -0.3 is 10.6 Å². The number of anilines is 2. The molecule has 3 rings (SSSR count). The molecule has 0 bridgehead atoms. The van der Waals surface area contributed by atoms with Gasteiger partial charge >= 0.3 is 0 Å². The number of nitrogens with one attached hydrogen (secondary N) is 2. The van der Waals surface area contributed by atoms with E-state index >= 15 is 0 Å². The first-order valence-corrected chi connectivity index (χ1v) is 8.27. The molecule has 0 saturated heterocycles. The van der Waals surface area contributed by atoms with Crippen LogP contribution in [0.3, 0.4) is 0 Å². The van der Waals surface area contributed by atoms with Crippen molar-refractivity contribution in [2.45, 2.75) is 45.1 Å². The molecule has 1 amide bonds. The molecule has 23 heavy (non-hydrogen) atoms. The predicted octanol–water partition coefficient (Wildman–Crippen LogP) is 3.93. The molecule has 4 heteroatoms. The summed E-state index contributed by atoms with van der Waals surface area (Å²) in [6.07, 6.45) is 7.23. The van der Waals surface area contributed by atoms with E-state index in [9.17, 15) is 4.79 Å². The van der Waals surface area contributed by atoms with Crippen molar-refractivity contribution in [3.05, 3.63) is 53.7 Å². The third-order valence-electron chi connectivity index (χ3n) is 4.24. The number of hydrogen-bond acceptors (Lipinski definition) is 3. The quantitative estimate of drug-likeness (QED) is 0.880. The van der Waals surface area contributed by atoms with Crippen molar-refractivity contribution in [1.29, 1.82) is 0 Å². The fourth-order valence-corrected chi connectivity index (χ4v) is 2.94. The third kappa shape index (κ3) is 4.55. The number of amides is 1. The fourth-order valence-electron chi connectivity index (χ4n) is 2.94. The minimum Gasteiger partial charge on any atom is -0.381 e. The van der Waals surface area contributed by atoms with Gasteiger partial charge in [-0.3, -0.25) is 4.79 Å². The zero-order chi connectivity index (χ0) is 16.1. The average molecular weight is 309 g/mol. The van der Waals surface area contributed by atoms with E-state index in [2.05, 4.69) is 15.6 Å². The van der Waals surface area contributed by atoms with Crippen LogP contribution in [0.5, 0.6) is 0 Å². The van der Waals surface area contributed by atoms with Crippen LogP contribution in [-0.4, -0.2) is 16.9 Å². The Hall–Kier alpha value is -2.36. The lowest BCUT2D eigenvalue weighted by Gasteiger charge is -2.13. The van der Waals surface area contributed by atoms with Gasteiger partial charge in [-0.25, -0.2) is 4.98 Å². The summed E-state index contributed by atoms with van der Waals surface area (Å²) in [6, 6.07) is 12.4. The Balaban J connectivity index is 1.52. The minimum absolute atomic E-state index is 0.0437. The third-order valence-corrected chi connectivity index (χ3v) is 4.24. The zero-order valence-electron chi connectivity index (χ0n) is 13.5. The maximum Gasteiger partial charge on any atom is 0.229 e. The second-order valence-corrected chi connectivity index (χ2v) is 6.27. The first-order valence-electron chi connectivity index (χ1n) is 8.27. The number of carbonyl (C=O) groups excluding carboxylic acids is 1. The number of aryl methyl sites for hydroxylation is 1. The smallest absolute Gasteiger partial charge is 0.229 e. The Morgan fingerprint density at radius 1 is 1.13 bits per heavy atom. The molecule has 0 atom stereocenters. The van der Waals surface area contributed by atoms with Crippen LogP contribution in [0.25, 0.3) is 0 Å². The highest BCUT2D eigenvalue weighted by atomic mass is 16.1. The lowest BCUT2D eigenvalue weighted by atomic mass is 10.1. The van der Waals surface area contributed by atoms with Gasteiger partial charge in [0.05, 0.1) is 18.3 Å². The summed E-state index contributed by atoms with van der Waals surface area (Å²) in [5, 5.41) is 6.34. The van der Waals surface area contributed by atoms with Gasteiger partial charge in [0.2, 0.25) is 5.91 Å². The molecule has 1 aliphatic rings. The highest BCUT2D eigenvalue weighted by Gasteiger charge is 2.14. The molecule has 1 aromatic carbocycles. The van der Waals surface area contributed by atoms with E-state index in [1.54, 1.807) is 6.20 Å². The van der Waals surface area contributed by atoms with E-state index in [4.69, 9.17) is 0 Å². The van der Waals surface area contributed by atoms with Crippen molar-refractivity contribution in [1.82, 2.24) is 4.98 Å². The molecule has 2 N–H and O–H groups in total. The van der Waals surface area contributed by atoms with Crippen molar-refractivity contribution >= 4 is 17.4 Å². The second kappa shape index (κ2) is 7.27. The SMILES string of the molecule is Cc1ccc(CC(=O)Nc2ccc(NC3CCCC3)cn2)cc1. The van der Waals surface area contributed by atoms with E-state index in [1.807, 2.05) is 43.3 Å². The number of carbonyl (C=O) groups is 1. The Morgan fingerprint density at radius 3 is 2.52 bits per heavy atom. The van der Waals surface area contributed by atoms with E-state index in [-0.39, 0.29) is 5.91 Å². The second-order valence-electron chi connectivity index (χ2n) is 6.27. The molecule has 1 saturated carbocycles. The highest BCUT2D eigenvalue weighted by Crippen LogP contribution is 2.22. The van der Waals surface area contributed by atoms with Crippen molar-refractivity contribution in [3.63, 3.8) is 0 Å². The molecule has 1 aromatic heterocycles. The fraction of sp³-hybridized carbons (Fsp3) is 0.368. The summed E-state index contributed by atoms with van der Waals surface area (Å²) >= 11 is 0. The number of benzene rings is 1. The number of hydrogen-bond donors (Lipinski definition) is 2. The first-order chi connectivity index (χ1) is 11.2. The van der Waals surface area contributed by atoms with Crippen LogP contribution in [-0.2, 0) is 11.2 Å². The van der Waals surface area contributed by atoms with Gasteiger partial charge in [0, 0.05) is 6.04 Å². The van der Waals surface area contributed by atoms with Gasteiger partial charge in [0.15, 0.2) is 0 Å². The van der Waals surface area contributed by atoms with Gasteiger partial charge in [-0.05, 0) is 37.5 Å². The lowest BCUT2D eigenvalue weighted by Crippen LogP contribution is -2.16. The van der Waals surface area contributed by atoms with Crippen LogP contribution in [0.15, 0.2) is 42.6 Å². The molecule has 0 radical (unpaired) electrons. The number of nitrogens with zero attached hydrogens (tertiary/aromatic N) is 1. The summed E-state index contributed by atoms with van der Waals surface area (Å²) in [5.41, 5.74) is 3.22. The molecular formula is C19H23N3O. The van der Waals surface area contributed by atoms with Crippen molar-refractivity contribution in [2.75, 3.05) is 10.6 Å². The molecular weight excluding hydrogens is 286 g/mol. The van der Waals surface area contributed by atoms with Crippen LogP contribution in [0, 0.1) is 6.92 Å². The standard InChI is InChI=1S/C19H23N3O/c1-14-6-8-15(9-7-14)12-19(23)22-18-11-10-17(13-20-18)21-16-4-2-3-5-16/h6-11,13,16,21H,2-5,12H2,1H3,(H,20,22,23). The Morgan fingerprint density at radius 2 is 1.87 bits per heavy atom. The highest BCUT2D eigenvalue weighted by molar-refractivity contribution is 5.91. The molecule has 4 nitrogen and oxygen atoms in total. The van der Waals surface area contributed by atoms with Crippen LogP contribution in [0.1, 0.15) is 36.8 Å². The molecule has 120 valence electrons. The minimum atomic E-state index is -0.0437. The topological polar surface area (TPSA) is 54.0 Å². The van der Waals surface area contributed by atoms with Crippen molar-refractivity contribution < 1.29 is 4.79 Å². The van der Waals surface area contributed by atoms with Crippen LogP contribution in [0.2, 0.25) is 0 Å². The number of rotatable bonds is 5. The van der Waals surface area contributed by atoms with Gasteiger partial charge in [0.1, 0.15) is 5.82 Å². The van der Waals surface area contributed by atoms with Gasteiger partial charge in [-0.1, -0.05) is 42.7 Å². The molecule has 0 unspecified atom stereocenters. The van der Waals surface area contributed by atoms with Crippen LogP contribution in [0.4, 0.5) is 11.5 Å². The summed E-state index contributed by atoms with van der Waals surface area (Å²) in [5.74, 6) is 0.553. The van der Waals surface area contributed by atoms with E-state index in [0.29, 0.717) is 18.3 Å². The van der Waals surface area contributed by atoms with Gasteiger partial charge in [-0.15, -0.1) is 0 Å². The Labute approximate surface area is 137 Å². The maximum absolute atomic E-state index is 12.1. The maximum atomic E-state index is 12.1. The van der Waals surface area contributed by atoms with E-state index in [0.717, 1.165) is 11.3 Å². The molecule has 1 aliphatic carbocycles. The predicted molar refractivity (Wildman–Crippen MR) is 93.6 cm³/mol. The van der Waals surface area contributed by atoms with Gasteiger partial charge in [0.25, 0.3) is 0 Å². The number of aromatic nitrogens is 1. The molecule has 0 aliphatic heterocycles. The Bertz CT molecular complexity index is 643. The largest absolute Gasteiger partial charge is 0.381 e. The van der Waals surface area contributed by atoms with Crippen molar-refractivity contribution in [2.24, 2.45) is 0 Å². The average Bonchev–Trinajstić information content (AvgIpc) is 3.04. The van der Waals surface area contributed by atoms with Crippen LogP contribution < -0.4 is 10.6 Å². The molecule has 1 fully saturated rings. The van der Waals surface area contributed by atoms with E-state index in [1.165, 1.54) is 31.2 Å². The van der Waals surface area contributed by atoms with Crippen molar-refractivity contribution in [3.8, 4) is 0 Å².